The topological polar surface area (TPSA) is 78.7 Å². The first kappa shape index (κ1) is 23.7. The molecule has 1 aliphatic rings. The normalized spacial score (nSPS) is 15.0. The number of aromatic nitrogens is 3. The summed E-state index contributed by atoms with van der Waals surface area (Å²) < 4.78 is 18.8. The minimum atomic E-state index is -0.266. The molecule has 0 saturated carbocycles. The maximum absolute atomic E-state index is 13.6. The second kappa shape index (κ2) is 9.53. The summed E-state index contributed by atoms with van der Waals surface area (Å²) in [5, 5.41) is 5.32. The Hall–Kier alpha value is -4.07. The van der Waals surface area contributed by atoms with Gasteiger partial charge in [-0.15, -0.1) is 5.10 Å². The first-order valence-corrected chi connectivity index (χ1v) is 11.9. The van der Waals surface area contributed by atoms with Crippen molar-refractivity contribution >= 4 is 16.9 Å². The minimum absolute atomic E-state index is 0.110. The highest BCUT2D eigenvalue weighted by Gasteiger charge is 2.33. The quantitative estimate of drug-likeness (QED) is 0.407. The van der Waals surface area contributed by atoms with Crippen LogP contribution in [0.3, 0.4) is 0 Å². The maximum Gasteiger partial charge on any atom is 0.261 e. The number of methoxy groups -OCH3 is 2. The number of ether oxygens (including phenoxy) is 3. The highest BCUT2D eigenvalue weighted by Crippen LogP contribution is 2.41. The molecule has 36 heavy (non-hydrogen) atoms. The number of nitrogens with zero attached hydrogens (tertiary/aromatic N) is 4. The number of hydrogen-bond donors (Lipinski definition) is 0. The third-order valence-electron chi connectivity index (χ3n) is 6.73. The summed E-state index contributed by atoms with van der Waals surface area (Å²) in [6.07, 6.45) is 0.708. The summed E-state index contributed by atoms with van der Waals surface area (Å²) >= 11 is 0. The molecule has 186 valence electrons. The van der Waals surface area contributed by atoms with E-state index in [1.54, 1.807) is 18.9 Å². The van der Waals surface area contributed by atoms with Gasteiger partial charge in [-0.05, 0) is 60.7 Å². The van der Waals surface area contributed by atoms with Crippen molar-refractivity contribution in [3.05, 3.63) is 76.5 Å². The summed E-state index contributed by atoms with van der Waals surface area (Å²) in [6, 6.07) is 15.8. The van der Waals surface area contributed by atoms with Crippen LogP contribution in [0.5, 0.6) is 17.4 Å². The van der Waals surface area contributed by atoms with E-state index in [2.05, 4.69) is 10.1 Å². The largest absolute Gasteiger partial charge is 0.493 e. The molecule has 2 aromatic heterocycles. The Kier molecular flexibility index (Phi) is 6.26. The molecule has 5 rings (SSSR count). The fourth-order valence-corrected chi connectivity index (χ4v) is 5.07. The molecule has 2 aromatic carbocycles. The lowest BCUT2D eigenvalue weighted by atomic mass is 9.87. The average molecular weight is 487 g/mol. The fraction of sp³-hybridized carbons (Fsp3) is 0.321. The van der Waals surface area contributed by atoms with Gasteiger partial charge in [0.05, 0.1) is 25.6 Å². The molecule has 8 nitrogen and oxygen atoms in total. The fourth-order valence-electron chi connectivity index (χ4n) is 5.07. The van der Waals surface area contributed by atoms with Gasteiger partial charge in [-0.3, -0.25) is 4.79 Å². The molecule has 1 amide bonds. The number of aryl methyl sites for hydroxylation is 3. The van der Waals surface area contributed by atoms with Crippen LogP contribution in [0.2, 0.25) is 0 Å². The van der Waals surface area contributed by atoms with Crippen molar-refractivity contribution in [3.63, 3.8) is 0 Å². The Morgan fingerprint density at radius 1 is 1.06 bits per heavy atom. The molecule has 0 spiro atoms. The Bertz CT molecular complexity index is 1430. The third-order valence-corrected chi connectivity index (χ3v) is 6.73. The van der Waals surface area contributed by atoms with Crippen LogP contribution in [-0.2, 0) is 18.3 Å². The molecule has 1 unspecified atom stereocenters. The molecule has 0 aliphatic carbocycles. The number of rotatable bonds is 6. The number of carbonyl (C=O) groups is 1. The van der Waals surface area contributed by atoms with Crippen molar-refractivity contribution in [2.75, 3.05) is 27.4 Å². The Morgan fingerprint density at radius 3 is 2.50 bits per heavy atom. The van der Waals surface area contributed by atoms with Crippen molar-refractivity contribution in [2.45, 2.75) is 26.3 Å². The van der Waals surface area contributed by atoms with E-state index >= 15 is 0 Å². The molecule has 0 bridgehead atoms. The Morgan fingerprint density at radius 2 is 1.78 bits per heavy atom. The van der Waals surface area contributed by atoms with Crippen molar-refractivity contribution in [1.29, 1.82) is 0 Å². The number of fused-ring (bicyclic) bond motifs is 2. The highest BCUT2D eigenvalue weighted by molar-refractivity contribution is 5.86. The molecule has 0 radical (unpaired) electrons. The van der Waals surface area contributed by atoms with E-state index in [0.717, 1.165) is 39.0 Å². The van der Waals surface area contributed by atoms with Gasteiger partial charge >= 0.3 is 0 Å². The SMILES string of the molecule is COc1cc2c(cc1OC)C(c1ccccc1)N(C(=O)COc1nn(C)c3nc(C)cc(C)c13)CC2. The number of hydrogen-bond acceptors (Lipinski definition) is 6. The van der Waals surface area contributed by atoms with Gasteiger partial charge in [-0.25, -0.2) is 9.67 Å². The standard InChI is InChI=1S/C28H30N4O4/c1-17-13-18(2)29-27-25(17)28(30-31(27)3)36-16-24(33)32-12-11-20-14-22(34-4)23(35-5)15-21(20)26(32)19-9-7-6-8-10-19/h6-10,13-15,26H,11-12,16H2,1-5H3. The van der Waals surface area contributed by atoms with E-state index in [-0.39, 0.29) is 18.6 Å². The lowest BCUT2D eigenvalue weighted by Crippen LogP contribution is -2.43. The number of pyridine rings is 1. The molecule has 8 heteroatoms. The summed E-state index contributed by atoms with van der Waals surface area (Å²) in [5.74, 6) is 1.64. The van der Waals surface area contributed by atoms with Crippen LogP contribution in [0.25, 0.3) is 11.0 Å². The van der Waals surface area contributed by atoms with E-state index in [4.69, 9.17) is 14.2 Å². The van der Waals surface area contributed by atoms with Crippen molar-refractivity contribution < 1.29 is 19.0 Å². The van der Waals surface area contributed by atoms with Gasteiger partial charge in [0.15, 0.2) is 23.8 Å². The molecule has 3 heterocycles. The number of amides is 1. The molecule has 1 aliphatic heterocycles. The van der Waals surface area contributed by atoms with Crippen LogP contribution in [-0.4, -0.2) is 52.9 Å². The van der Waals surface area contributed by atoms with Gasteiger partial charge in [-0.1, -0.05) is 30.3 Å². The first-order valence-electron chi connectivity index (χ1n) is 11.9. The summed E-state index contributed by atoms with van der Waals surface area (Å²) in [6.45, 7) is 4.40. The van der Waals surface area contributed by atoms with Gasteiger partial charge in [0.25, 0.3) is 5.91 Å². The lowest BCUT2D eigenvalue weighted by Gasteiger charge is -2.38. The third kappa shape index (κ3) is 4.12. The van der Waals surface area contributed by atoms with Gasteiger partial charge in [0, 0.05) is 19.3 Å². The number of carbonyl (C=O) groups excluding carboxylic acids is 1. The minimum Gasteiger partial charge on any atom is -0.493 e. The van der Waals surface area contributed by atoms with Gasteiger partial charge < -0.3 is 19.1 Å². The van der Waals surface area contributed by atoms with Crippen molar-refractivity contribution in [1.82, 2.24) is 19.7 Å². The van der Waals surface area contributed by atoms with Crippen LogP contribution in [0.1, 0.15) is 34.0 Å². The first-order chi connectivity index (χ1) is 17.4. The summed E-state index contributed by atoms with van der Waals surface area (Å²) in [7, 11) is 5.09. The van der Waals surface area contributed by atoms with Crippen LogP contribution < -0.4 is 14.2 Å². The van der Waals surface area contributed by atoms with E-state index in [0.29, 0.717) is 30.3 Å². The number of benzene rings is 2. The van der Waals surface area contributed by atoms with E-state index < -0.39 is 0 Å². The molecular weight excluding hydrogens is 456 g/mol. The molecule has 0 fully saturated rings. The zero-order valence-electron chi connectivity index (χ0n) is 21.2. The zero-order valence-corrected chi connectivity index (χ0v) is 21.2. The van der Waals surface area contributed by atoms with E-state index in [9.17, 15) is 4.79 Å². The van der Waals surface area contributed by atoms with Gasteiger partial charge in [-0.2, -0.15) is 0 Å². The molecule has 4 aromatic rings. The second-order valence-electron chi connectivity index (χ2n) is 9.05. The van der Waals surface area contributed by atoms with Crippen LogP contribution in [0.4, 0.5) is 0 Å². The van der Waals surface area contributed by atoms with Gasteiger partial charge in [0.1, 0.15) is 0 Å². The van der Waals surface area contributed by atoms with E-state index in [1.165, 1.54) is 0 Å². The van der Waals surface area contributed by atoms with E-state index in [1.807, 2.05) is 74.3 Å². The van der Waals surface area contributed by atoms with Crippen LogP contribution >= 0.6 is 0 Å². The second-order valence-corrected chi connectivity index (χ2v) is 9.05. The molecule has 1 atom stereocenters. The molecule has 0 N–H and O–H groups in total. The highest BCUT2D eigenvalue weighted by atomic mass is 16.5. The predicted octanol–water partition coefficient (Wildman–Crippen LogP) is 4.16. The van der Waals surface area contributed by atoms with Crippen molar-refractivity contribution in [2.24, 2.45) is 7.05 Å². The van der Waals surface area contributed by atoms with Crippen LogP contribution in [0, 0.1) is 13.8 Å². The Labute approximate surface area is 210 Å². The average Bonchev–Trinajstić information content (AvgIpc) is 3.21. The molecule has 0 saturated heterocycles. The molecular formula is C28H30N4O4. The lowest BCUT2D eigenvalue weighted by molar-refractivity contribution is -0.135. The summed E-state index contributed by atoms with van der Waals surface area (Å²) in [5.41, 5.74) is 5.86. The van der Waals surface area contributed by atoms with Crippen molar-refractivity contribution in [3.8, 4) is 17.4 Å². The maximum atomic E-state index is 13.6. The van der Waals surface area contributed by atoms with Crippen LogP contribution in [0.15, 0.2) is 48.5 Å². The monoisotopic (exact) mass is 486 g/mol. The summed E-state index contributed by atoms with van der Waals surface area (Å²) in [4.78, 5) is 20.1. The Balaban J connectivity index is 1.48. The van der Waals surface area contributed by atoms with Gasteiger partial charge in [0.2, 0.25) is 5.88 Å². The predicted molar refractivity (Wildman–Crippen MR) is 137 cm³/mol. The smallest absolute Gasteiger partial charge is 0.261 e. The zero-order chi connectivity index (χ0) is 25.4.